The van der Waals surface area contributed by atoms with Crippen LogP contribution in [0.15, 0.2) is 0 Å². The van der Waals surface area contributed by atoms with E-state index in [4.69, 9.17) is 4.74 Å². The highest BCUT2D eigenvalue weighted by molar-refractivity contribution is 8.00. The first-order chi connectivity index (χ1) is 12.2. The molecule has 2 nitrogen and oxygen atoms in total. The Morgan fingerprint density at radius 2 is 1.48 bits per heavy atom. The van der Waals surface area contributed by atoms with Gasteiger partial charge in [-0.1, -0.05) is 20.3 Å². The zero-order valence-electron chi connectivity index (χ0n) is 14.7. The number of thioether (sulfide) groups is 1. The summed E-state index contributed by atoms with van der Waals surface area (Å²) in [5, 5.41) is -0.757. The molecule has 27 heavy (non-hydrogen) atoms. The highest BCUT2D eigenvalue weighted by atomic mass is 32.2. The van der Waals surface area contributed by atoms with E-state index in [0.717, 1.165) is 11.8 Å². The van der Waals surface area contributed by atoms with Gasteiger partial charge in [0, 0.05) is 6.42 Å². The van der Waals surface area contributed by atoms with Gasteiger partial charge >= 0.3 is 29.9 Å². The summed E-state index contributed by atoms with van der Waals surface area (Å²) in [6.45, 7) is 3.61. The van der Waals surface area contributed by atoms with Crippen LogP contribution in [0, 0.1) is 0 Å². The maximum atomic E-state index is 13.4. The average molecular weight is 436 g/mol. The van der Waals surface area contributed by atoms with Gasteiger partial charge in [0.15, 0.2) is 0 Å². The fourth-order valence-electron chi connectivity index (χ4n) is 1.91. The van der Waals surface area contributed by atoms with Crippen LogP contribution >= 0.6 is 11.8 Å². The van der Waals surface area contributed by atoms with E-state index in [-0.39, 0.29) is 12.4 Å². The summed E-state index contributed by atoms with van der Waals surface area (Å²) in [5.41, 5.74) is 0. The normalized spacial score (nSPS) is 14.9. The molecule has 0 aliphatic heterocycles. The van der Waals surface area contributed by atoms with E-state index < -0.39 is 48.0 Å². The number of carbonyl (C=O) groups excluding carboxylic acids is 1. The van der Waals surface area contributed by atoms with Crippen molar-refractivity contribution in [2.24, 2.45) is 0 Å². The summed E-state index contributed by atoms with van der Waals surface area (Å²) in [6.07, 6.45) is -8.10. The van der Waals surface area contributed by atoms with E-state index in [1.165, 1.54) is 0 Å². The second-order valence-electron chi connectivity index (χ2n) is 5.77. The Hall–Kier alpha value is -0.810. The van der Waals surface area contributed by atoms with E-state index in [1.807, 2.05) is 0 Å². The van der Waals surface area contributed by atoms with Gasteiger partial charge in [0.25, 0.3) is 0 Å². The molecule has 0 rings (SSSR count). The molecule has 0 spiro atoms. The van der Waals surface area contributed by atoms with Crippen LogP contribution in [0.5, 0.6) is 0 Å². The molecule has 0 aliphatic carbocycles. The van der Waals surface area contributed by atoms with Gasteiger partial charge in [-0.05, 0) is 25.0 Å². The van der Waals surface area contributed by atoms with E-state index in [1.54, 1.807) is 13.8 Å². The molecule has 0 fully saturated rings. The van der Waals surface area contributed by atoms with Gasteiger partial charge in [-0.15, -0.1) is 11.8 Å². The lowest BCUT2D eigenvalue weighted by Crippen LogP contribution is -2.60. The predicted molar refractivity (Wildman–Crippen MR) is 82.5 cm³/mol. The lowest BCUT2D eigenvalue weighted by Gasteiger charge is -2.33. The number of carbonyl (C=O) groups is 1. The Morgan fingerprint density at radius 3 is 1.93 bits per heavy atom. The number of halogens is 9. The maximum absolute atomic E-state index is 13.4. The molecule has 0 aromatic rings. The van der Waals surface area contributed by atoms with Crippen LogP contribution in [0.25, 0.3) is 0 Å². The second-order valence-corrected chi connectivity index (χ2v) is 7.08. The van der Waals surface area contributed by atoms with Crippen LogP contribution in [-0.2, 0) is 9.53 Å². The summed E-state index contributed by atoms with van der Waals surface area (Å²) in [4.78, 5) is 11.7. The van der Waals surface area contributed by atoms with Gasteiger partial charge in [0.2, 0.25) is 0 Å². The molecule has 12 heteroatoms. The van der Waals surface area contributed by atoms with Gasteiger partial charge in [0.1, 0.15) is 5.25 Å². The van der Waals surface area contributed by atoms with Crippen molar-refractivity contribution in [3.63, 3.8) is 0 Å². The minimum atomic E-state index is -6.87. The second kappa shape index (κ2) is 10.1. The van der Waals surface area contributed by atoms with Gasteiger partial charge in [-0.3, -0.25) is 4.79 Å². The molecule has 1 atom stereocenters. The topological polar surface area (TPSA) is 26.3 Å². The maximum Gasteiger partial charge on any atom is 0.460 e. The molecule has 0 radical (unpaired) electrons. The third-order valence-corrected chi connectivity index (χ3v) is 4.78. The molecule has 0 saturated heterocycles. The van der Waals surface area contributed by atoms with Crippen LogP contribution in [0.4, 0.5) is 39.5 Å². The highest BCUT2D eigenvalue weighted by Crippen LogP contribution is 2.54. The molecule has 0 aromatic heterocycles. The van der Waals surface area contributed by atoms with E-state index in [9.17, 15) is 44.3 Å². The zero-order valence-corrected chi connectivity index (χ0v) is 15.5. The number of alkyl halides is 9. The van der Waals surface area contributed by atoms with Crippen LogP contribution in [-0.4, -0.2) is 47.5 Å². The molecule has 0 N–H and O–H groups in total. The third kappa shape index (κ3) is 6.63. The Kier molecular flexibility index (Phi) is 9.80. The van der Waals surface area contributed by atoms with Crippen molar-refractivity contribution in [1.82, 2.24) is 0 Å². The van der Waals surface area contributed by atoms with Crippen LogP contribution in [0.2, 0.25) is 0 Å². The Morgan fingerprint density at radius 1 is 0.926 bits per heavy atom. The molecule has 162 valence electrons. The summed E-state index contributed by atoms with van der Waals surface area (Å²) in [5.74, 6) is -20.0. The van der Waals surface area contributed by atoms with Crippen molar-refractivity contribution in [2.75, 3.05) is 12.4 Å². The fraction of sp³-hybridized carbons (Fsp3) is 0.933. The standard InChI is InChI=1S/C15H21F9O2S/c1-3-6-10(11(25)26-8-4-2)27-9-5-7-12(16,17)13(18,19)14(20,21)15(22,23)24/h10H,3-9H2,1-2H3. The molecular formula is C15H21F9O2S. The largest absolute Gasteiger partial charge is 0.465 e. The van der Waals surface area contributed by atoms with E-state index in [2.05, 4.69) is 0 Å². The van der Waals surface area contributed by atoms with Gasteiger partial charge < -0.3 is 4.74 Å². The van der Waals surface area contributed by atoms with Gasteiger partial charge in [-0.2, -0.15) is 39.5 Å². The fourth-order valence-corrected chi connectivity index (χ4v) is 3.11. The van der Waals surface area contributed by atoms with Crippen molar-refractivity contribution in [3.05, 3.63) is 0 Å². The molecule has 0 bridgehead atoms. The monoisotopic (exact) mass is 436 g/mol. The first-order valence-corrected chi connectivity index (χ1v) is 9.19. The Balaban J connectivity index is 4.83. The Labute approximate surface area is 155 Å². The minimum absolute atomic E-state index is 0.135. The zero-order chi connectivity index (χ0) is 21.5. The SMILES string of the molecule is CCCOC(=O)C(CCC)SCCCC(F)(F)C(F)(F)C(F)(F)C(F)(F)F. The predicted octanol–water partition coefficient (Wildman–Crippen LogP) is 6.09. The van der Waals surface area contributed by atoms with Gasteiger partial charge in [-0.25, -0.2) is 0 Å². The molecular weight excluding hydrogens is 415 g/mol. The molecule has 1 unspecified atom stereocenters. The number of hydrogen-bond donors (Lipinski definition) is 0. The number of ether oxygens (including phenoxy) is 1. The average Bonchev–Trinajstić information content (AvgIpc) is 2.53. The molecule has 0 heterocycles. The van der Waals surface area contributed by atoms with Crippen LogP contribution < -0.4 is 0 Å². The minimum Gasteiger partial charge on any atom is -0.465 e. The van der Waals surface area contributed by atoms with Crippen molar-refractivity contribution < 1.29 is 49.0 Å². The first kappa shape index (κ1) is 26.2. The summed E-state index contributed by atoms with van der Waals surface area (Å²) in [7, 11) is 0. The van der Waals surface area contributed by atoms with Crippen molar-refractivity contribution in [3.8, 4) is 0 Å². The van der Waals surface area contributed by atoms with Crippen LogP contribution in [0.1, 0.15) is 46.0 Å². The summed E-state index contributed by atoms with van der Waals surface area (Å²) < 4.78 is 119. The van der Waals surface area contributed by atoms with Gasteiger partial charge in [0.05, 0.1) is 6.61 Å². The van der Waals surface area contributed by atoms with E-state index in [0.29, 0.717) is 19.3 Å². The number of rotatable bonds is 12. The smallest absolute Gasteiger partial charge is 0.460 e. The lowest BCUT2D eigenvalue weighted by atomic mass is 10.00. The Bertz CT molecular complexity index is 467. The number of esters is 1. The van der Waals surface area contributed by atoms with Crippen molar-refractivity contribution in [1.29, 1.82) is 0 Å². The van der Waals surface area contributed by atoms with Crippen molar-refractivity contribution >= 4 is 17.7 Å². The number of hydrogen-bond acceptors (Lipinski definition) is 3. The van der Waals surface area contributed by atoms with E-state index >= 15 is 0 Å². The van der Waals surface area contributed by atoms with Crippen molar-refractivity contribution in [2.45, 2.75) is 75.1 Å². The molecule has 0 aromatic carbocycles. The van der Waals surface area contributed by atoms with Crippen LogP contribution in [0.3, 0.4) is 0 Å². The third-order valence-electron chi connectivity index (χ3n) is 3.43. The molecule has 0 saturated carbocycles. The summed E-state index contributed by atoms with van der Waals surface area (Å²) in [6, 6.07) is 0. The first-order valence-electron chi connectivity index (χ1n) is 8.14. The lowest BCUT2D eigenvalue weighted by molar-refractivity contribution is -0.396. The highest BCUT2D eigenvalue weighted by Gasteiger charge is 2.81. The quantitative estimate of drug-likeness (QED) is 0.210. The molecule has 0 aliphatic rings. The molecule has 0 amide bonds. The summed E-state index contributed by atoms with van der Waals surface area (Å²) >= 11 is 0.807.